The molecule has 0 unspecified atom stereocenters. The molecule has 0 spiro atoms. The number of rotatable bonds is 8. The van der Waals surface area contributed by atoms with E-state index in [9.17, 15) is 0 Å². The lowest BCUT2D eigenvalue weighted by atomic mass is 10.2. The Morgan fingerprint density at radius 1 is 1.08 bits per heavy atom. The quantitative estimate of drug-likeness (QED) is 0.440. The molecule has 24 heavy (non-hydrogen) atoms. The molecule has 0 saturated heterocycles. The number of hydrogen-bond acceptors (Lipinski definition) is 4. The van der Waals surface area contributed by atoms with Gasteiger partial charge in [0.25, 0.3) is 0 Å². The van der Waals surface area contributed by atoms with E-state index in [1.807, 2.05) is 42.5 Å². The molecular weight excluding hydrogens is 304 g/mol. The second-order valence-corrected chi connectivity index (χ2v) is 5.09. The van der Waals surface area contributed by atoms with Crippen molar-refractivity contribution in [2.75, 3.05) is 27.4 Å². The Balaban J connectivity index is 1.81. The average Bonchev–Trinajstić information content (AvgIpc) is 2.63. The molecule has 0 fully saturated rings. The van der Waals surface area contributed by atoms with Crippen molar-refractivity contribution in [1.29, 1.82) is 0 Å². The van der Waals surface area contributed by atoms with Gasteiger partial charge in [0.15, 0.2) is 5.96 Å². The van der Waals surface area contributed by atoms with Gasteiger partial charge in [0, 0.05) is 26.9 Å². The van der Waals surface area contributed by atoms with E-state index in [0.717, 1.165) is 23.0 Å². The van der Waals surface area contributed by atoms with Crippen LogP contribution in [-0.2, 0) is 17.8 Å². The molecule has 0 bridgehead atoms. The zero-order valence-corrected chi connectivity index (χ0v) is 14.2. The van der Waals surface area contributed by atoms with Gasteiger partial charge in [-0.05, 0) is 29.8 Å². The van der Waals surface area contributed by atoms with Crippen LogP contribution in [0.25, 0.3) is 0 Å². The molecule has 6 heteroatoms. The van der Waals surface area contributed by atoms with Crippen LogP contribution in [0.3, 0.4) is 0 Å². The zero-order valence-electron chi connectivity index (χ0n) is 14.2. The molecule has 2 N–H and O–H groups in total. The van der Waals surface area contributed by atoms with Gasteiger partial charge < -0.3 is 20.1 Å². The monoisotopic (exact) mass is 328 g/mol. The minimum absolute atomic E-state index is 0.542. The predicted octanol–water partition coefficient (Wildman–Crippen LogP) is 1.97. The van der Waals surface area contributed by atoms with Crippen molar-refractivity contribution in [3.8, 4) is 5.75 Å². The van der Waals surface area contributed by atoms with Crippen LogP contribution in [0.15, 0.2) is 53.7 Å². The van der Waals surface area contributed by atoms with E-state index in [-0.39, 0.29) is 0 Å². The zero-order chi connectivity index (χ0) is 17.0. The Bertz CT molecular complexity index is 632. The Labute approximate surface area is 142 Å². The summed E-state index contributed by atoms with van der Waals surface area (Å²) in [5.74, 6) is 1.56. The van der Waals surface area contributed by atoms with Crippen molar-refractivity contribution < 1.29 is 9.47 Å². The number of aliphatic imine (C=N–C) groups is 1. The van der Waals surface area contributed by atoms with Crippen LogP contribution >= 0.6 is 0 Å². The number of nitrogens with zero attached hydrogens (tertiary/aromatic N) is 2. The molecule has 2 aromatic rings. The van der Waals surface area contributed by atoms with Crippen LogP contribution in [0.2, 0.25) is 0 Å². The first-order chi connectivity index (χ1) is 11.8. The highest BCUT2D eigenvalue weighted by Gasteiger charge is 2.01. The maximum atomic E-state index is 5.62. The van der Waals surface area contributed by atoms with Crippen molar-refractivity contribution in [1.82, 2.24) is 15.6 Å². The molecule has 0 aliphatic heterocycles. The molecule has 2 rings (SSSR count). The van der Waals surface area contributed by atoms with Gasteiger partial charge in [0.1, 0.15) is 12.4 Å². The lowest BCUT2D eigenvalue weighted by Gasteiger charge is -2.12. The van der Waals surface area contributed by atoms with Crippen molar-refractivity contribution >= 4 is 5.96 Å². The smallest absolute Gasteiger partial charge is 0.191 e. The van der Waals surface area contributed by atoms with Crippen LogP contribution in [0.4, 0.5) is 0 Å². The van der Waals surface area contributed by atoms with Gasteiger partial charge >= 0.3 is 0 Å². The van der Waals surface area contributed by atoms with E-state index >= 15 is 0 Å². The number of ether oxygens (including phenoxy) is 2. The topological polar surface area (TPSA) is 67.8 Å². The first-order valence-electron chi connectivity index (χ1n) is 7.87. The summed E-state index contributed by atoms with van der Waals surface area (Å²) in [5.41, 5.74) is 2.08. The van der Waals surface area contributed by atoms with E-state index in [1.165, 1.54) is 0 Å². The lowest BCUT2D eigenvalue weighted by molar-refractivity contribution is 0.146. The molecule has 1 aromatic carbocycles. The molecule has 0 aliphatic carbocycles. The Kier molecular flexibility index (Phi) is 7.56. The predicted molar refractivity (Wildman–Crippen MR) is 95.1 cm³/mol. The summed E-state index contributed by atoms with van der Waals surface area (Å²) in [6.45, 7) is 2.40. The van der Waals surface area contributed by atoms with Gasteiger partial charge in [-0.1, -0.05) is 18.2 Å². The third-order valence-electron chi connectivity index (χ3n) is 3.30. The Hall–Kier alpha value is -2.60. The van der Waals surface area contributed by atoms with Crippen LogP contribution in [-0.4, -0.2) is 38.3 Å². The molecular formula is C18H24N4O2. The first kappa shape index (κ1) is 17.7. The summed E-state index contributed by atoms with van der Waals surface area (Å²) in [4.78, 5) is 8.50. The van der Waals surface area contributed by atoms with Gasteiger partial charge in [-0.2, -0.15) is 0 Å². The van der Waals surface area contributed by atoms with Gasteiger partial charge in [0.2, 0.25) is 0 Å². The molecule has 128 valence electrons. The second kappa shape index (κ2) is 10.2. The summed E-state index contributed by atoms with van der Waals surface area (Å²) in [6, 6.07) is 13.8. The van der Waals surface area contributed by atoms with Crippen molar-refractivity contribution in [3.05, 3.63) is 59.9 Å². The molecule has 6 nitrogen and oxygen atoms in total. The molecule has 0 aliphatic rings. The standard InChI is InChI=1S/C18H24N4O2/c1-19-18(22-14-16-7-3-4-9-20-16)21-13-15-6-5-8-17(12-15)24-11-10-23-2/h3-9,12H,10-11,13-14H2,1-2H3,(H2,19,21,22). The normalized spacial score (nSPS) is 11.2. The van der Waals surface area contributed by atoms with Gasteiger partial charge in [-0.15, -0.1) is 0 Å². The molecule has 0 radical (unpaired) electrons. The maximum Gasteiger partial charge on any atom is 0.191 e. The summed E-state index contributed by atoms with van der Waals surface area (Å²) in [5, 5.41) is 6.52. The van der Waals surface area contributed by atoms with Crippen LogP contribution < -0.4 is 15.4 Å². The molecule has 0 amide bonds. The summed E-state index contributed by atoms with van der Waals surface area (Å²) >= 11 is 0. The summed E-state index contributed by atoms with van der Waals surface area (Å²) in [6.07, 6.45) is 1.78. The highest BCUT2D eigenvalue weighted by molar-refractivity contribution is 5.79. The Morgan fingerprint density at radius 2 is 1.96 bits per heavy atom. The molecule has 0 saturated carbocycles. The van der Waals surface area contributed by atoms with Gasteiger partial charge in [0.05, 0.1) is 18.8 Å². The molecule has 1 heterocycles. The highest BCUT2D eigenvalue weighted by atomic mass is 16.5. The van der Waals surface area contributed by atoms with Gasteiger partial charge in [-0.3, -0.25) is 9.98 Å². The second-order valence-electron chi connectivity index (χ2n) is 5.09. The van der Waals surface area contributed by atoms with E-state index in [2.05, 4.69) is 20.6 Å². The van der Waals surface area contributed by atoms with Crippen molar-refractivity contribution in [2.24, 2.45) is 4.99 Å². The SMILES string of the molecule is CN=C(NCc1cccc(OCCOC)c1)NCc1ccccn1. The Morgan fingerprint density at radius 3 is 2.71 bits per heavy atom. The fourth-order valence-electron chi connectivity index (χ4n) is 2.07. The summed E-state index contributed by atoms with van der Waals surface area (Å²) in [7, 11) is 3.41. The third-order valence-corrected chi connectivity index (χ3v) is 3.30. The number of benzene rings is 1. The maximum absolute atomic E-state index is 5.62. The molecule has 0 atom stereocenters. The number of pyridine rings is 1. The lowest BCUT2D eigenvalue weighted by Crippen LogP contribution is -2.36. The fraction of sp³-hybridized carbons (Fsp3) is 0.333. The third kappa shape index (κ3) is 6.26. The van der Waals surface area contributed by atoms with Crippen molar-refractivity contribution in [3.63, 3.8) is 0 Å². The molecule has 1 aromatic heterocycles. The average molecular weight is 328 g/mol. The fourth-order valence-corrected chi connectivity index (χ4v) is 2.07. The summed E-state index contributed by atoms with van der Waals surface area (Å²) < 4.78 is 10.6. The highest BCUT2D eigenvalue weighted by Crippen LogP contribution is 2.13. The van der Waals surface area contributed by atoms with Crippen LogP contribution in [0.1, 0.15) is 11.3 Å². The van der Waals surface area contributed by atoms with Gasteiger partial charge in [-0.25, -0.2) is 0 Å². The number of hydrogen-bond donors (Lipinski definition) is 2. The minimum Gasteiger partial charge on any atom is -0.491 e. The number of guanidine groups is 1. The minimum atomic E-state index is 0.542. The largest absolute Gasteiger partial charge is 0.491 e. The number of aromatic nitrogens is 1. The van der Waals surface area contributed by atoms with E-state index < -0.39 is 0 Å². The first-order valence-corrected chi connectivity index (χ1v) is 7.87. The van der Waals surface area contributed by atoms with Crippen LogP contribution in [0.5, 0.6) is 5.75 Å². The van der Waals surface area contributed by atoms with E-state index in [4.69, 9.17) is 9.47 Å². The van der Waals surface area contributed by atoms with Crippen LogP contribution in [0, 0.1) is 0 Å². The number of methoxy groups -OCH3 is 1. The van der Waals surface area contributed by atoms with E-state index in [1.54, 1.807) is 20.4 Å². The van der Waals surface area contributed by atoms with E-state index in [0.29, 0.717) is 26.3 Å². The number of nitrogens with one attached hydrogen (secondary N) is 2. The van der Waals surface area contributed by atoms with Crippen molar-refractivity contribution in [2.45, 2.75) is 13.1 Å².